The van der Waals surface area contributed by atoms with Gasteiger partial charge in [0.1, 0.15) is 0 Å². The average molecular weight is 275 g/mol. The van der Waals surface area contributed by atoms with Crippen LogP contribution < -0.4 is 5.32 Å². The largest absolute Gasteiger partial charge is 0.345 e. The smallest absolute Gasteiger partial charge is 0.253 e. The standard InChI is InChI=1S/C14H11ClN2O2/c15-12-5-3-10(4-6-12)13(18)9-17-14(19)11-2-1-7-16-8-11/h1-8H,9H2,(H,17,19). The highest BCUT2D eigenvalue weighted by molar-refractivity contribution is 6.30. The van der Waals surface area contributed by atoms with Gasteiger partial charge in [0.25, 0.3) is 5.91 Å². The molecule has 0 aliphatic heterocycles. The van der Waals surface area contributed by atoms with Gasteiger partial charge >= 0.3 is 0 Å². The maximum atomic E-state index is 11.8. The van der Waals surface area contributed by atoms with Crippen LogP contribution in [0.1, 0.15) is 20.7 Å². The molecule has 1 aromatic heterocycles. The number of halogens is 1. The molecule has 19 heavy (non-hydrogen) atoms. The summed E-state index contributed by atoms with van der Waals surface area (Å²) in [5.41, 5.74) is 0.933. The molecule has 0 unspecified atom stereocenters. The van der Waals surface area contributed by atoms with Gasteiger partial charge in [0.2, 0.25) is 0 Å². The van der Waals surface area contributed by atoms with Crippen molar-refractivity contribution in [2.24, 2.45) is 0 Å². The minimum Gasteiger partial charge on any atom is -0.345 e. The number of carbonyl (C=O) groups excluding carboxylic acids is 2. The summed E-state index contributed by atoms with van der Waals surface area (Å²) in [6.45, 7) is -0.0602. The fourth-order valence-electron chi connectivity index (χ4n) is 1.50. The summed E-state index contributed by atoms with van der Waals surface area (Å²) in [5.74, 6) is -0.496. The first-order valence-electron chi connectivity index (χ1n) is 5.64. The molecule has 0 aliphatic carbocycles. The van der Waals surface area contributed by atoms with E-state index in [0.29, 0.717) is 16.1 Å². The van der Waals surface area contributed by atoms with Gasteiger partial charge in [0, 0.05) is 23.0 Å². The van der Waals surface area contributed by atoms with E-state index < -0.39 is 0 Å². The first-order valence-corrected chi connectivity index (χ1v) is 6.01. The van der Waals surface area contributed by atoms with Gasteiger partial charge in [-0.25, -0.2) is 0 Å². The molecule has 1 N–H and O–H groups in total. The molecule has 96 valence electrons. The summed E-state index contributed by atoms with van der Waals surface area (Å²) in [6.07, 6.45) is 3.03. The van der Waals surface area contributed by atoms with Crippen LogP contribution >= 0.6 is 11.6 Å². The van der Waals surface area contributed by atoms with E-state index in [1.807, 2.05) is 0 Å². The van der Waals surface area contributed by atoms with Crippen molar-refractivity contribution in [3.63, 3.8) is 0 Å². The summed E-state index contributed by atoms with van der Waals surface area (Å²) >= 11 is 5.74. The first-order chi connectivity index (χ1) is 9.16. The molecule has 1 heterocycles. The molecule has 0 saturated carbocycles. The number of benzene rings is 1. The van der Waals surface area contributed by atoms with Crippen LogP contribution in [0.15, 0.2) is 48.8 Å². The third kappa shape index (κ3) is 3.63. The van der Waals surface area contributed by atoms with Crippen molar-refractivity contribution >= 4 is 23.3 Å². The summed E-state index contributed by atoms with van der Waals surface area (Å²) in [6, 6.07) is 9.82. The lowest BCUT2D eigenvalue weighted by atomic mass is 10.1. The molecule has 0 fully saturated rings. The molecule has 5 heteroatoms. The van der Waals surface area contributed by atoms with Crippen LogP contribution in [0, 0.1) is 0 Å². The van der Waals surface area contributed by atoms with E-state index in [0.717, 1.165) is 0 Å². The van der Waals surface area contributed by atoms with E-state index in [2.05, 4.69) is 10.3 Å². The highest BCUT2D eigenvalue weighted by Crippen LogP contribution is 2.09. The summed E-state index contributed by atoms with van der Waals surface area (Å²) in [4.78, 5) is 27.4. The molecule has 2 aromatic rings. The number of Topliss-reactive ketones (excluding diaryl/α,β-unsaturated/α-hetero) is 1. The second kappa shape index (κ2) is 6.11. The third-order valence-corrected chi connectivity index (χ3v) is 2.75. The fraction of sp³-hybridized carbons (Fsp3) is 0.0714. The number of hydrogen-bond donors (Lipinski definition) is 1. The van der Waals surface area contributed by atoms with Crippen molar-refractivity contribution in [3.8, 4) is 0 Å². The Morgan fingerprint density at radius 2 is 1.84 bits per heavy atom. The molecule has 4 nitrogen and oxygen atoms in total. The van der Waals surface area contributed by atoms with Gasteiger partial charge in [0.15, 0.2) is 5.78 Å². The van der Waals surface area contributed by atoms with E-state index in [1.165, 1.54) is 6.20 Å². The van der Waals surface area contributed by atoms with Crippen molar-refractivity contribution in [1.29, 1.82) is 0 Å². The Kier molecular flexibility index (Phi) is 4.26. The van der Waals surface area contributed by atoms with E-state index in [-0.39, 0.29) is 18.2 Å². The number of nitrogens with zero attached hydrogens (tertiary/aromatic N) is 1. The van der Waals surface area contributed by atoms with Crippen molar-refractivity contribution in [2.75, 3.05) is 6.54 Å². The Bertz CT molecular complexity index is 582. The second-order valence-electron chi connectivity index (χ2n) is 3.85. The lowest BCUT2D eigenvalue weighted by Gasteiger charge is -2.04. The van der Waals surface area contributed by atoms with Crippen LogP contribution in [-0.2, 0) is 0 Å². The number of carbonyl (C=O) groups is 2. The summed E-state index contributed by atoms with van der Waals surface area (Å²) in [5, 5.41) is 3.12. The Morgan fingerprint density at radius 3 is 2.47 bits per heavy atom. The van der Waals surface area contributed by atoms with Gasteiger partial charge in [-0.2, -0.15) is 0 Å². The Labute approximate surface area is 115 Å². The predicted octanol–water partition coefficient (Wildman–Crippen LogP) is 2.35. The predicted molar refractivity (Wildman–Crippen MR) is 72.4 cm³/mol. The average Bonchev–Trinajstić information content (AvgIpc) is 2.46. The minimum atomic E-state index is -0.324. The number of amides is 1. The monoisotopic (exact) mass is 274 g/mol. The van der Waals surface area contributed by atoms with Gasteiger partial charge < -0.3 is 5.32 Å². The zero-order valence-corrected chi connectivity index (χ0v) is 10.7. The SMILES string of the molecule is O=C(CNC(=O)c1cccnc1)c1ccc(Cl)cc1. The van der Waals surface area contributed by atoms with Crippen LogP contribution in [-0.4, -0.2) is 23.2 Å². The summed E-state index contributed by atoms with van der Waals surface area (Å²) < 4.78 is 0. The van der Waals surface area contributed by atoms with Gasteiger partial charge in [-0.05, 0) is 36.4 Å². The molecule has 1 aromatic carbocycles. The molecular formula is C14H11ClN2O2. The van der Waals surface area contributed by atoms with E-state index in [9.17, 15) is 9.59 Å². The third-order valence-electron chi connectivity index (χ3n) is 2.50. The van der Waals surface area contributed by atoms with Crippen LogP contribution in [0.4, 0.5) is 0 Å². The lowest BCUT2D eigenvalue weighted by Crippen LogP contribution is -2.29. The number of nitrogens with one attached hydrogen (secondary N) is 1. The highest BCUT2D eigenvalue weighted by Gasteiger charge is 2.09. The van der Waals surface area contributed by atoms with Crippen LogP contribution in [0.2, 0.25) is 5.02 Å². The highest BCUT2D eigenvalue weighted by atomic mass is 35.5. The van der Waals surface area contributed by atoms with Gasteiger partial charge in [-0.3, -0.25) is 14.6 Å². The molecular weight excluding hydrogens is 264 g/mol. The maximum absolute atomic E-state index is 11.8. The van der Waals surface area contributed by atoms with Gasteiger partial charge in [0.05, 0.1) is 12.1 Å². The molecule has 2 rings (SSSR count). The zero-order valence-electron chi connectivity index (χ0n) is 9.97. The molecule has 0 bridgehead atoms. The molecule has 0 aliphatic rings. The van der Waals surface area contributed by atoms with Crippen molar-refractivity contribution < 1.29 is 9.59 Å². The Balaban J connectivity index is 1.94. The molecule has 0 atom stereocenters. The number of ketones is 1. The Morgan fingerprint density at radius 1 is 1.11 bits per heavy atom. The van der Waals surface area contributed by atoms with Gasteiger partial charge in [-0.15, -0.1) is 0 Å². The Hall–Kier alpha value is -2.20. The van der Waals surface area contributed by atoms with Crippen molar-refractivity contribution in [2.45, 2.75) is 0 Å². The maximum Gasteiger partial charge on any atom is 0.253 e. The lowest BCUT2D eigenvalue weighted by molar-refractivity contribution is 0.0904. The number of pyridine rings is 1. The van der Waals surface area contributed by atoms with E-state index in [4.69, 9.17) is 11.6 Å². The number of aromatic nitrogens is 1. The summed E-state index contributed by atoms with van der Waals surface area (Å²) in [7, 11) is 0. The van der Waals surface area contributed by atoms with Crippen LogP contribution in [0.25, 0.3) is 0 Å². The van der Waals surface area contributed by atoms with E-state index in [1.54, 1.807) is 42.6 Å². The number of hydrogen-bond acceptors (Lipinski definition) is 3. The van der Waals surface area contributed by atoms with Gasteiger partial charge in [-0.1, -0.05) is 11.6 Å². The van der Waals surface area contributed by atoms with Crippen LogP contribution in [0.5, 0.6) is 0 Å². The quantitative estimate of drug-likeness (QED) is 0.871. The van der Waals surface area contributed by atoms with Crippen molar-refractivity contribution in [3.05, 3.63) is 64.9 Å². The number of rotatable bonds is 4. The zero-order chi connectivity index (χ0) is 13.7. The minimum absolute atomic E-state index is 0.0602. The second-order valence-corrected chi connectivity index (χ2v) is 4.29. The topological polar surface area (TPSA) is 59.1 Å². The normalized spacial score (nSPS) is 9.95. The molecule has 0 saturated heterocycles. The van der Waals surface area contributed by atoms with E-state index >= 15 is 0 Å². The fourth-order valence-corrected chi connectivity index (χ4v) is 1.62. The first kappa shape index (κ1) is 13.2. The van der Waals surface area contributed by atoms with Crippen molar-refractivity contribution in [1.82, 2.24) is 10.3 Å². The molecule has 0 spiro atoms. The molecule has 1 amide bonds. The van der Waals surface area contributed by atoms with Crippen LogP contribution in [0.3, 0.4) is 0 Å². The molecule has 0 radical (unpaired) electrons.